The number of nitro benzene ring substituents is 1. The maximum Gasteiger partial charge on any atom is 0.312 e. The number of aliphatic hydroxyl groups excluding tert-OH is 1. The smallest absolute Gasteiger partial charge is 0.312 e. The molecule has 0 amide bonds. The molecule has 0 aromatic heterocycles. The SMILES string of the molecule is CC(C)C(O)CNS(=O)(=O)c1ccc(O)c([N+](=O)[O-])c1. The minimum atomic E-state index is -3.99. The molecule has 1 unspecified atom stereocenters. The van der Waals surface area contributed by atoms with Gasteiger partial charge in [-0.3, -0.25) is 10.1 Å². The Labute approximate surface area is 116 Å². The number of nitro groups is 1. The van der Waals surface area contributed by atoms with Crippen LogP contribution in [0, 0.1) is 16.0 Å². The lowest BCUT2D eigenvalue weighted by Crippen LogP contribution is -2.34. The predicted molar refractivity (Wildman–Crippen MR) is 70.8 cm³/mol. The lowest BCUT2D eigenvalue weighted by atomic mass is 10.1. The Morgan fingerprint density at radius 2 is 2.00 bits per heavy atom. The number of hydrogen-bond donors (Lipinski definition) is 3. The van der Waals surface area contributed by atoms with Crippen molar-refractivity contribution in [2.24, 2.45) is 5.92 Å². The van der Waals surface area contributed by atoms with Gasteiger partial charge in [-0.15, -0.1) is 0 Å². The number of aliphatic hydroxyl groups is 1. The van der Waals surface area contributed by atoms with Gasteiger partial charge in [-0.1, -0.05) is 13.8 Å². The van der Waals surface area contributed by atoms with E-state index in [2.05, 4.69) is 4.72 Å². The summed E-state index contributed by atoms with van der Waals surface area (Å²) in [5.74, 6) is -0.747. The van der Waals surface area contributed by atoms with Crippen LogP contribution in [0.25, 0.3) is 0 Å². The number of hydrogen-bond acceptors (Lipinski definition) is 6. The van der Waals surface area contributed by atoms with Crippen molar-refractivity contribution in [1.29, 1.82) is 0 Å². The maximum absolute atomic E-state index is 11.9. The molecule has 0 aliphatic carbocycles. The third-order valence-corrected chi connectivity index (χ3v) is 4.13. The number of sulfonamides is 1. The van der Waals surface area contributed by atoms with Gasteiger partial charge in [0, 0.05) is 12.6 Å². The third kappa shape index (κ3) is 3.89. The van der Waals surface area contributed by atoms with Crippen molar-refractivity contribution in [2.75, 3.05) is 6.54 Å². The highest BCUT2D eigenvalue weighted by Gasteiger charge is 2.22. The Bertz CT molecular complexity index is 599. The monoisotopic (exact) mass is 304 g/mol. The summed E-state index contributed by atoms with van der Waals surface area (Å²) in [5, 5.41) is 29.5. The topological polar surface area (TPSA) is 130 Å². The molecule has 0 heterocycles. The number of aromatic hydroxyl groups is 1. The molecule has 0 spiro atoms. The zero-order chi connectivity index (χ0) is 15.5. The van der Waals surface area contributed by atoms with E-state index in [0.717, 1.165) is 18.2 Å². The molecule has 0 bridgehead atoms. The van der Waals surface area contributed by atoms with Crippen LogP contribution in [0.1, 0.15) is 13.8 Å². The van der Waals surface area contributed by atoms with E-state index in [1.165, 1.54) is 0 Å². The van der Waals surface area contributed by atoms with E-state index in [-0.39, 0.29) is 17.4 Å². The second kappa shape index (κ2) is 6.16. The fraction of sp³-hybridized carbons (Fsp3) is 0.455. The highest BCUT2D eigenvalue weighted by Crippen LogP contribution is 2.28. The largest absolute Gasteiger partial charge is 0.502 e. The lowest BCUT2D eigenvalue weighted by molar-refractivity contribution is -0.386. The van der Waals surface area contributed by atoms with Crippen LogP contribution in [0.15, 0.2) is 23.1 Å². The van der Waals surface area contributed by atoms with Crippen LogP contribution in [0.5, 0.6) is 5.75 Å². The molecule has 0 saturated carbocycles. The van der Waals surface area contributed by atoms with Crippen molar-refractivity contribution >= 4 is 15.7 Å². The molecule has 3 N–H and O–H groups in total. The van der Waals surface area contributed by atoms with E-state index < -0.39 is 32.5 Å². The predicted octanol–water partition coefficient (Wildman–Crippen LogP) is 0.596. The van der Waals surface area contributed by atoms with E-state index in [0.29, 0.717) is 0 Å². The van der Waals surface area contributed by atoms with Crippen molar-refractivity contribution in [1.82, 2.24) is 4.72 Å². The summed E-state index contributed by atoms with van der Waals surface area (Å²) in [6.45, 7) is 3.25. The van der Waals surface area contributed by atoms with E-state index in [9.17, 15) is 28.7 Å². The van der Waals surface area contributed by atoms with Gasteiger partial charge in [0.05, 0.1) is 15.9 Å². The van der Waals surface area contributed by atoms with Crippen molar-refractivity contribution < 1.29 is 23.6 Å². The Hall–Kier alpha value is -1.71. The molecule has 1 aromatic rings. The molecule has 0 fully saturated rings. The van der Waals surface area contributed by atoms with Gasteiger partial charge in [-0.2, -0.15) is 0 Å². The molecule has 1 atom stereocenters. The molecule has 0 aliphatic rings. The zero-order valence-electron chi connectivity index (χ0n) is 11.0. The molecule has 1 aromatic carbocycles. The van der Waals surface area contributed by atoms with Crippen LogP contribution >= 0.6 is 0 Å². The molecule has 0 aliphatic heterocycles. The van der Waals surface area contributed by atoms with Crippen LogP contribution < -0.4 is 4.72 Å². The first-order valence-electron chi connectivity index (χ1n) is 5.80. The van der Waals surface area contributed by atoms with Gasteiger partial charge in [0.15, 0.2) is 5.75 Å². The molecule has 1 rings (SSSR count). The summed E-state index contributed by atoms with van der Waals surface area (Å²) in [6, 6.07) is 2.75. The van der Waals surface area contributed by atoms with Gasteiger partial charge >= 0.3 is 5.69 Å². The number of nitrogens with zero attached hydrogens (tertiary/aromatic N) is 1. The van der Waals surface area contributed by atoms with Crippen LogP contribution in [0.4, 0.5) is 5.69 Å². The highest BCUT2D eigenvalue weighted by atomic mass is 32.2. The summed E-state index contributed by atoms with van der Waals surface area (Å²) < 4.78 is 26.0. The van der Waals surface area contributed by atoms with Crippen molar-refractivity contribution in [3.63, 3.8) is 0 Å². The second-order valence-electron chi connectivity index (χ2n) is 4.57. The van der Waals surface area contributed by atoms with Gasteiger partial charge in [0.25, 0.3) is 0 Å². The lowest BCUT2D eigenvalue weighted by Gasteiger charge is -2.15. The van der Waals surface area contributed by atoms with Gasteiger partial charge in [-0.05, 0) is 18.1 Å². The van der Waals surface area contributed by atoms with Crippen LogP contribution in [0.3, 0.4) is 0 Å². The summed E-state index contributed by atoms with van der Waals surface area (Å²) in [7, 11) is -3.99. The van der Waals surface area contributed by atoms with Crippen molar-refractivity contribution in [3.8, 4) is 5.75 Å². The quantitative estimate of drug-likeness (QED) is 0.521. The normalized spacial score (nSPS) is 13.4. The Morgan fingerprint density at radius 1 is 1.40 bits per heavy atom. The number of benzene rings is 1. The van der Waals surface area contributed by atoms with Gasteiger partial charge in [0.2, 0.25) is 10.0 Å². The first kappa shape index (κ1) is 16.3. The Kier molecular flexibility index (Phi) is 5.03. The van der Waals surface area contributed by atoms with E-state index in [1.54, 1.807) is 13.8 Å². The van der Waals surface area contributed by atoms with Crippen LogP contribution in [-0.2, 0) is 10.0 Å². The maximum atomic E-state index is 11.9. The molecular weight excluding hydrogens is 288 g/mol. The third-order valence-electron chi connectivity index (χ3n) is 2.71. The summed E-state index contributed by atoms with van der Waals surface area (Å²) in [6.07, 6.45) is -0.864. The van der Waals surface area contributed by atoms with Crippen molar-refractivity contribution in [2.45, 2.75) is 24.8 Å². The molecule has 8 nitrogen and oxygen atoms in total. The minimum absolute atomic E-state index is 0.133. The summed E-state index contributed by atoms with van der Waals surface area (Å²) in [4.78, 5) is 9.42. The number of nitrogens with one attached hydrogen (secondary N) is 1. The Balaban J connectivity index is 2.99. The van der Waals surface area contributed by atoms with Crippen LogP contribution in [-0.4, -0.2) is 36.2 Å². The van der Waals surface area contributed by atoms with Crippen LogP contribution in [0.2, 0.25) is 0 Å². The molecule has 112 valence electrons. The first-order chi connectivity index (χ1) is 9.15. The fourth-order valence-corrected chi connectivity index (χ4v) is 2.40. The molecule has 20 heavy (non-hydrogen) atoms. The van der Waals surface area contributed by atoms with Gasteiger partial charge in [-0.25, -0.2) is 13.1 Å². The molecule has 0 radical (unpaired) electrons. The number of phenolic OH excluding ortho intramolecular Hbond substituents is 1. The number of phenols is 1. The molecule has 9 heteroatoms. The first-order valence-corrected chi connectivity index (χ1v) is 7.28. The average Bonchev–Trinajstić information content (AvgIpc) is 2.35. The Morgan fingerprint density at radius 3 is 2.50 bits per heavy atom. The standard InChI is InChI=1S/C11H16N2O6S/c1-7(2)11(15)6-12-20(18,19)8-3-4-10(14)9(5-8)13(16)17/h3-5,7,11-12,14-15H,6H2,1-2H3. The number of rotatable bonds is 6. The molecule has 0 saturated heterocycles. The molecular formula is C11H16N2O6S. The summed E-state index contributed by atoms with van der Waals surface area (Å²) >= 11 is 0. The summed E-state index contributed by atoms with van der Waals surface area (Å²) in [5.41, 5.74) is -0.697. The minimum Gasteiger partial charge on any atom is -0.502 e. The fourth-order valence-electron chi connectivity index (χ4n) is 1.33. The van der Waals surface area contributed by atoms with Gasteiger partial charge < -0.3 is 10.2 Å². The highest BCUT2D eigenvalue weighted by molar-refractivity contribution is 7.89. The average molecular weight is 304 g/mol. The van der Waals surface area contributed by atoms with E-state index in [1.807, 2.05) is 0 Å². The van der Waals surface area contributed by atoms with E-state index in [4.69, 9.17) is 0 Å². The van der Waals surface area contributed by atoms with E-state index >= 15 is 0 Å². The second-order valence-corrected chi connectivity index (χ2v) is 6.34. The zero-order valence-corrected chi connectivity index (χ0v) is 11.8. The van der Waals surface area contributed by atoms with Crippen molar-refractivity contribution in [3.05, 3.63) is 28.3 Å². The van der Waals surface area contributed by atoms with Gasteiger partial charge in [0.1, 0.15) is 0 Å².